The van der Waals surface area contributed by atoms with Gasteiger partial charge in [0.25, 0.3) is 5.56 Å². The van der Waals surface area contributed by atoms with Gasteiger partial charge in [-0.3, -0.25) is 18.8 Å². The fraction of sp³-hybridized carbons (Fsp3) is 0.462. The minimum absolute atomic E-state index is 0.138. The molecule has 178 valence electrons. The summed E-state index contributed by atoms with van der Waals surface area (Å²) in [4.78, 5) is 40.0. The molecule has 1 fully saturated rings. The molecular formula is C26H32N6O2. The van der Waals surface area contributed by atoms with Crippen molar-refractivity contribution in [1.82, 2.24) is 24.0 Å². The van der Waals surface area contributed by atoms with Crippen LogP contribution in [0.25, 0.3) is 11.1 Å². The highest BCUT2D eigenvalue weighted by molar-refractivity contribution is 5.65. The number of aromatic nitrogens is 4. The Labute approximate surface area is 199 Å². The molecule has 1 aromatic carbocycles. The number of hydrogen-bond acceptors (Lipinski definition) is 6. The number of unbranched alkanes of at least 4 members (excludes halogenated alkanes) is 1. The van der Waals surface area contributed by atoms with Crippen LogP contribution in [0.5, 0.6) is 0 Å². The van der Waals surface area contributed by atoms with Crippen LogP contribution in [0.1, 0.15) is 31.4 Å². The number of anilines is 1. The van der Waals surface area contributed by atoms with Crippen LogP contribution in [0.15, 0.2) is 58.4 Å². The molecule has 34 heavy (non-hydrogen) atoms. The number of fused-ring (bicyclic) bond motifs is 1. The highest BCUT2D eigenvalue weighted by Gasteiger charge is 2.22. The maximum absolute atomic E-state index is 13.5. The normalized spacial score (nSPS) is 16.4. The van der Waals surface area contributed by atoms with Crippen LogP contribution in [0, 0.1) is 0 Å². The van der Waals surface area contributed by atoms with E-state index >= 15 is 0 Å². The van der Waals surface area contributed by atoms with Crippen LogP contribution in [0.4, 0.5) is 5.95 Å². The Morgan fingerprint density at radius 3 is 2.29 bits per heavy atom. The van der Waals surface area contributed by atoms with Gasteiger partial charge in [0.15, 0.2) is 0 Å². The van der Waals surface area contributed by atoms with Gasteiger partial charge in [0.05, 0.1) is 5.56 Å². The van der Waals surface area contributed by atoms with E-state index in [4.69, 9.17) is 0 Å². The Bertz CT molecular complexity index is 1210. The standard InChI is InChI=1S/C26H32N6O2/c33-24-23(21-9-2-1-3-10-21)22-11-4-5-15-31(22)26(34)32(24)16-7-6-14-29-17-19-30(20-18-29)25-27-12-8-13-28-25/h1-3,8-10,12-13H,4-7,11,14-20H2. The summed E-state index contributed by atoms with van der Waals surface area (Å²) in [6, 6.07) is 11.6. The fourth-order valence-electron chi connectivity index (χ4n) is 5.12. The van der Waals surface area contributed by atoms with Crippen molar-refractivity contribution < 1.29 is 0 Å². The molecule has 8 nitrogen and oxygen atoms in total. The van der Waals surface area contributed by atoms with Crippen LogP contribution in [-0.2, 0) is 19.5 Å². The van der Waals surface area contributed by atoms with Gasteiger partial charge in [0.1, 0.15) is 0 Å². The lowest BCUT2D eigenvalue weighted by molar-refractivity contribution is 0.249. The highest BCUT2D eigenvalue weighted by Crippen LogP contribution is 2.23. The Morgan fingerprint density at radius 2 is 1.53 bits per heavy atom. The van der Waals surface area contributed by atoms with Crippen molar-refractivity contribution in [3.05, 3.63) is 75.3 Å². The Kier molecular flexibility index (Phi) is 6.85. The third-order valence-corrected chi connectivity index (χ3v) is 6.96. The zero-order valence-electron chi connectivity index (χ0n) is 19.6. The second kappa shape index (κ2) is 10.3. The van der Waals surface area contributed by atoms with E-state index in [9.17, 15) is 9.59 Å². The van der Waals surface area contributed by atoms with E-state index in [0.717, 1.165) is 82.0 Å². The predicted molar refractivity (Wildman–Crippen MR) is 133 cm³/mol. The molecular weight excluding hydrogens is 428 g/mol. The van der Waals surface area contributed by atoms with Gasteiger partial charge in [-0.2, -0.15) is 0 Å². The fourth-order valence-corrected chi connectivity index (χ4v) is 5.12. The number of piperazine rings is 1. The van der Waals surface area contributed by atoms with Gasteiger partial charge in [-0.15, -0.1) is 0 Å². The third kappa shape index (κ3) is 4.68. The van der Waals surface area contributed by atoms with Crippen LogP contribution in [0.3, 0.4) is 0 Å². The van der Waals surface area contributed by atoms with Gasteiger partial charge in [-0.05, 0) is 50.3 Å². The Hall–Kier alpha value is -3.26. The first-order valence-corrected chi connectivity index (χ1v) is 12.4. The molecule has 0 amide bonds. The molecule has 2 aliphatic rings. The van der Waals surface area contributed by atoms with Crippen molar-refractivity contribution in [3.63, 3.8) is 0 Å². The lowest BCUT2D eigenvalue weighted by Crippen LogP contribution is -2.47. The van der Waals surface area contributed by atoms with Crippen LogP contribution in [-0.4, -0.2) is 56.7 Å². The van der Waals surface area contributed by atoms with Crippen molar-refractivity contribution in [1.29, 1.82) is 0 Å². The largest absolute Gasteiger partial charge is 0.338 e. The molecule has 0 saturated carbocycles. The minimum Gasteiger partial charge on any atom is -0.338 e. The summed E-state index contributed by atoms with van der Waals surface area (Å²) < 4.78 is 3.32. The molecule has 0 radical (unpaired) electrons. The molecule has 4 heterocycles. The first kappa shape index (κ1) is 22.5. The zero-order chi connectivity index (χ0) is 23.3. The van der Waals surface area contributed by atoms with E-state index in [1.165, 1.54) is 4.57 Å². The third-order valence-electron chi connectivity index (χ3n) is 6.96. The van der Waals surface area contributed by atoms with E-state index in [-0.39, 0.29) is 11.2 Å². The van der Waals surface area contributed by atoms with E-state index in [1.807, 2.05) is 41.0 Å². The smallest absolute Gasteiger partial charge is 0.331 e. The van der Waals surface area contributed by atoms with Crippen LogP contribution >= 0.6 is 0 Å². The van der Waals surface area contributed by atoms with Gasteiger partial charge < -0.3 is 4.90 Å². The van der Waals surface area contributed by atoms with E-state index < -0.39 is 0 Å². The molecule has 8 heteroatoms. The number of hydrogen-bond donors (Lipinski definition) is 0. The van der Waals surface area contributed by atoms with Gasteiger partial charge in [-0.25, -0.2) is 14.8 Å². The lowest BCUT2D eigenvalue weighted by atomic mass is 9.99. The summed E-state index contributed by atoms with van der Waals surface area (Å²) in [5.41, 5.74) is 2.24. The summed E-state index contributed by atoms with van der Waals surface area (Å²) in [6.07, 6.45) is 8.12. The quantitative estimate of drug-likeness (QED) is 0.504. The highest BCUT2D eigenvalue weighted by atomic mass is 16.2. The van der Waals surface area contributed by atoms with Gasteiger partial charge >= 0.3 is 5.69 Å². The molecule has 3 aromatic rings. The molecule has 0 spiro atoms. The lowest BCUT2D eigenvalue weighted by Gasteiger charge is -2.34. The van der Waals surface area contributed by atoms with Gasteiger partial charge in [0, 0.05) is 57.4 Å². The van der Waals surface area contributed by atoms with Crippen LogP contribution < -0.4 is 16.1 Å². The number of nitrogens with zero attached hydrogens (tertiary/aromatic N) is 6. The maximum atomic E-state index is 13.5. The molecule has 2 aromatic heterocycles. The summed E-state index contributed by atoms with van der Waals surface area (Å²) in [6.45, 7) is 5.90. The average molecular weight is 461 g/mol. The predicted octanol–water partition coefficient (Wildman–Crippen LogP) is 2.41. The second-order valence-corrected chi connectivity index (χ2v) is 9.12. The maximum Gasteiger partial charge on any atom is 0.331 e. The molecule has 2 aliphatic heterocycles. The van der Waals surface area contributed by atoms with E-state index in [1.54, 1.807) is 12.4 Å². The summed E-state index contributed by atoms with van der Waals surface area (Å²) in [5, 5.41) is 0. The Morgan fingerprint density at radius 1 is 0.794 bits per heavy atom. The van der Waals surface area contributed by atoms with Gasteiger partial charge in [-0.1, -0.05) is 30.3 Å². The molecule has 0 unspecified atom stereocenters. The van der Waals surface area contributed by atoms with Crippen LogP contribution in [0.2, 0.25) is 0 Å². The van der Waals surface area contributed by atoms with Gasteiger partial charge in [0.2, 0.25) is 5.95 Å². The topological polar surface area (TPSA) is 76.3 Å². The summed E-state index contributed by atoms with van der Waals surface area (Å²) >= 11 is 0. The summed E-state index contributed by atoms with van der Waals surface area (Å²) in [5.74, 6) is 0.795. The van der Waals surface area contributed by atoms with Crippen molar-refractivity contribution in [2.24, 2.45) is 0 Å². The van der Waals surface area contributed by atoms with Crippen molar-refractivity contribution in [2.45, 2.75) is 45.2 Å². The first-order chi connectivity index (χ1) is 16.7. The Balaban J connectivity index is 1.23. The monoisotopic (exact) mass is 460 g/mol. The van der Waals surface area contributed by atoms with Crippen molar-refractivity contribution in [3.8, 4) is 11.1 Å². The molecule has 0 bridgehead atoms. The summed E-state index contributed by atoms with van der Waals surface area (Å²) in [7, 11) is 0. The van der Waals surface area contributed by atoms with Crippen molar-refractivity contribution in [2.75, 3.05) is 37.6 Å². The first-order valence-electron chi connectivity index (χ1n) is 12.4. The zero-order valence-corrected chi connectivity index (χ0v) is 19.6. The number of rotatable bonds is 7. The van der Waals surface area contributed by atoms with E-state index in [2.05, 4.69) is 19.8 Å². The van der Waals surface area contributed by atoms with Crippen molar-refractivity contribution >= 4 is 5.95 Å². The molecule has 5 rings (SSSR count). The molecule has 0 N–H and O–H groups in total. The molecule has 1 saturated heterocycles. The number of benzene rings is 1. The molecule has 0 atom stereocenters. The SMILES string of the molecule is O=c1c(-c2ccccc2)c2n(c(=O)n1CCCCN1CCN(c3ncccn3)CC1)CCCC2. The second-order valence-electron chi connectivity index (χ2n) is 9.12. The molecule has 0 aliphatic carbocycles. The minimum atomic E-state index is -0.143. The van der Waals surface area contributed by atoms with E-state index in [0.29, 0.717) is 18.7 Å². The average Bonchev–Trinajstić information content (AvgIpc) is 2.90.